The predicted octanol–water partition coefficient (Wildman–Crippen LogP) is -0.473. The SMILES string of the molecule is O=CC(N1CCCC1)N1CC[N]CC1. The maximum absolute atomic E-state index is 11.1. The van der Waals surface area contributed by atoms with Crippen LogP contribution in [0.1, 0.15) is 12.8 Å². The van der Waals surface area contributed by atoms with Crippen molar-refractivity contribution >= 4 is 6.29 Å². The standard InChI is InChI=1S/C10H18N3O/c14-9-10(12-5-1-2-6-12)13-7-3-11-4-8-13/h9-10H,1-8H2. The molecule has 79 valence electrons. The Labute approximate surface area is 85.2 Å². The maximum Gasteiger partial charge on any atom is 0.151 e. The van der Waals surface area contributed by atoms with Crippen molar-refractivity contribution in [3.05, 3.63) is 0 Å². The summed E-state index contributed by atoms with van der Waals surface area (Å²) in [6, 6.07) is 0. The summed E-state index contributed by atoms with van der Waals surface area (Å²) in [4.78, 5) is 15.6. The van der Waals surface area contributed by atoms with E-state index in [0.717, 1.165) is 45.6 Å². The number of piperazine rings is 1. The molecule has 0 aromatic carbocycles. The van der Waals surface area contributed by atoms with Gasteiger partial charge in [0.15, 0.2) is 6.29 Å². The topological polar surface area (TPSA) is 37.7 Å². The summed E-state index contributed by atoms with van der Waals surface area (Å²) in [7, 11) is 0. The van der Waals surface area contributed by atoms with E-state index < -0.39 is 0 Å². The minimum absolute atomic E-state index is 0.0213. The van der Waals surface area contributed by atoms with E-state index in [1.165, 1.54) is 12.8 Å². The van der Waals surface area contributed by atoms with Crippen molar-refractivity contribution in [2.45, 2.75) is 19.0 Å². The van der Waals surface area contributed by atoms with Crippen LogP contribution in [0.2, 0.25) is 0 Å². The molecule has 0 N–H and O–H groups in total. The molecular formula is C10H18N3O. The summed E-state index contributed by atoms with van der Waals surface area (Å²) >= 11 is 0. The molecule has 0 aromatic rings. The number of carbonyl (C=O) groups is 1. The van der Waals surface area contributed by atoms with Crippen LogP contribution in [-0.2, 0) is 4.79 Å². The van der Waals surface area contributed by atoms with Gasteiger partial charge in [-0.25, -0.2) is 5.32 Å². The van der Waals surface area contributed by atoms with Gasteiger partial charge in [0, 0.05) is 39.3 Å². The molecule has 0 spiro atoms. The number of likely N-dealkylation sites (tertiary alicyclic amines) is 1. The lowest BCUT2D eigenvalue weighted by atomic mass is 10.3. The van der Waals surface area contributed by atoms with Crippen LogP contribution >= 0.6 is 0 Å². The highest BCUT2D eigenvalue weighted by molar-refractivity contribution is 5.57. The van der Waals surface area contributed by atoms with Crippen molar-refractivity contribution in [3.8, 4) is 0 Å². The second kappa shape index (κ2) is 4.87. The number of aldehydes is 1. The van der Waals surface area contributed by atoms with Crippen molar-refractivity contribution in [1.82, 2.24) is 15.1 Å². The molecule has 1 unspecified atom stereocenters. The first kappa shape index (κ1) is 10.1. The Hall–Kier alpha value is -0.450. The van der Waals surface area contributed by atoms with Gasteiger partial charge in [-0.05, 0) is 12.8 Å². The first-order valence-corrected chi connectivity index (χ1v) is 5.48. The lowest BCUT2D eigenvalue weighted by molar-refractivity contribution is -0.118. The van der Waals surface area contributed by atoms with E-state index in [-0.39, 0.29) is 6.17 Å². The Kier molecular flexibility index (Phi) is 3.50. The normalized spacial score (nSPS) is 27.7. The number of carbonyl (C=O) groups excluding carboxylic acids is 1. The van der Waals surface area contributed by atoms with Gasteiger partial charge in [0.05, 0.1) is 0 Å². The highest BCUT2D eigenvalue weighted by Crippen LogP contribution is 2.14. The fourth-order valence-electron chi connectivity index (χ4n) is 2.30. The minimum atomic E-state index is 0.0213. The molecule has 0 saturated carbocycles. The third-order valence-corrected chi connectivity index (χ3v) is 3.10. The molecule has 2 aliphatic rings. The van der Waals surface area contributed by atoms with Crippen molar-refractivity contribution in [3.63, 3.8) is 0 Å². The molecule has 0 amide bonds. The molecule has 1 radical (unpaired) electrons. The van der Waals surface area contributed by atoms with Gasteiger partial charge in [-0.1, -0.05) is 0 Å². The molecule has 2 heterocycles. The van der Waals surface area contributed by atoms with Crippen molar-refractivity contribution in [2.24, 2.45) is 0 Å². The first-order valence-electron chi connectivity index (χ1n) is 5.48. The monoisotopic (exact) mass is 196 g/mol. The second-order valence-electron chi connectivity index (χ2n) is 4.00. The van der Waals surface area contributed by atoms with Crippen molar-refractivity contribution in [2.75, 3.05) is 39.3 Å². The third-order valence-electron chi connectivity index (χ3n) is 3.10. The minimum Gasteiger partial charge on any atom is -0.300 e. The zero-order valence-electron chi connectivity index (χ0n) is 8.56. The molecule has 4 heteroatoms. The highest BCUT2D eigenvalue weighted by atomic mass is 16.1. The average Bonchev–Trinajstić information content (AvgIpc) is 2.74. The largest absolute Gasteiger partial charge is 0.300 e. The van der Waals surface area contributed by atoms with Gasteiger partial charge in [-0.2, -0.15) is 0 Å². The van der Waals surface area contributed by atoms with Crippen LogP contribution in [0.15, 0.2) is 0 Å². The summed E-state index contributed by atoms with van der Waals surface area (Å²) in [5, 5.41) is 4.29. The Morgan fingerprint density at radius 1 is 1.00 bits per heavy atom. The van der Waals surface area contributed by atoms with Crippen molar-refractivity contribution in [1.29, 1.82) is 0 Å². The number of hydrogen-bond donors (Lipinski definition) is 0. The number of rotatable bonds is 3. The second-order valence-corrected chi connectivity index (χ2v) is 4.00. The van der Waals surface area contributed by atoms with Crippen LogP contribution in [-0.4, -0.2) is 61.5 Å². The van der Waals surface area contributed by atoms with E-state index in [9.17, 15) is 4.79 Å². The van der Waals surface area contributed by atoms with Crippen LogP contribution in [0, 0.1) is 0 Å². The Bertz CT molecular complexity index is 186. The van der Waals surface area contributed by atoms with E-state index in [4.69, 9.17) is 0 Å². The molecule has 4 nitrogen and oxygen atoms in total. The molecule has 2 fully saturated rings. The van der Waals surface area contributed by atoms with Gasteiger partial charge in [0.2, 0.25) is 0 Å². The smallest absolute Gasteiger partial charge is 0.151 e. The Morgan fingerprint density at radius 2 is 1.57 bits per heavy atom. The van der Waals surface area contributed by atoms with Gasteiger partial charge >= 0.3 is 0 Å². The molecule has 0 aromatic heterocycles. The van der Waals surface area contributed by atoms with E-state index in [2.05, 4.69) is 15.1 Å². The van der Waals surface area contributed by atoms with Gasteiger partial charge in [-0.3, -0.25) is 9.80 Å². The quantitative estimate of drug-likeness (QED) is 0.573. The molecular weight excluding hydrogens is 178 g/mol. The van der Waals surface area contributed by atoms with Crippen LogP contribution in [0.3, 0.4) is 0 Å². The summed E-state index contributed by atoms with van der Waals surface area (Å²) in [6.45, 7) is 5.82. The van der Waals surface area contributed by atoms with Crippen LogP contribution < -0.4 is 5.32 Å². The molecule has 2 rings (SSSR count). The van der Waals surface area contributed by atoms with Crippen LogP contribution in [0.4, 0.5) is 0 Å². The van der Waals surface area contributed by atoms with E-state index in [0.29, 0.717) is 0 Å². The lowest BCUT2D eigenvalue weighted by Gasteiger charge is -2.36. The first-order chi connectivity index (χ1) is 6.92. The summed E-state index contributed by atoms with van der Waals surface area (Å²) in [5.41, 5.74) is 0. The number of nitrogens with zero attached hydrogens (tertiary/aromatic N) is 3. The zero-order valence-corrected chi connectivity index (χ0v) is 8.56. The molecule has 2 aliphatic heterocycles. The van der Waals surface area contributed by atoms with Gasteiger partial charge in [0.25, 0.3) is 0 Å². The maximum atomic E-state index is 11.1. The lowest BCUT2D eigenvalue weighted by Crippen LogP contribution is -2.53. The highest BCUT2D eigenvalue weighted by Gasteiger charge is 2.27. The molecule has 0 aliphatic carbocycles. The fourth-order valence-corrected chi connectivity index (χ4v) is 2.30. The van der Waals surface area contributed by atoms with Crippen molar-refractivity contribution < 1.29 is 4.79 Å². The van der Waals surface area contributed by atoms with E-state index >= 15 is 0 Å². The molecule has 0 bridgehead atoms. The fraction of sp³-hybridized carbons (Fsp3) is 0.900. The molecule has 14 heavy (non-hydrogen) atoms. The predicted molar refractivity (Wildman–Crippen MR) is 54.1 cm³/mol. The Morgan fingerprint density at radius 3 is 2.14 bits per heavy atom. The van der Waals surface area contributed by atoms with Gasteiger partial charge < -0.3 is 4.79 Å². The summed E-state index contributed by atoms with van der Waals surface area (Å²) < 4.78 is 0. The zero-order chi connectivity index (χ0) is 9.80. The van der Waals surface area contributed by atoms with E-state index in [1.54, 1.807) is 0 Å². The summed E-state index contributed by atoms with van der Waals surface area (Å²) in [6.07, 6.45) is 3.59. The van der Waals surface area contributed by atoms with Gasteiger partial charge in [-0.15, -0.1) is 0 Å². The average molecular weight is 196 g/mol. The molecule has 1 atom stereocenters. The molecule has 2 saturated heterocycles. The Balaban J connectivity index is 1.92. The van der Waals surface area contributed by atoms with E-state index in [1.807, 2.05) is 0 Å². The third kappa shape index (κ3) is 2.13. The van der Waals surface area contributed by atoms with Crippen LogP contribution in [0.25, 0.3) is 0 Å². The number of hydrogen-bond acceptors (Lipinski definition) is 3. The van der Waals surface area contributed by atoms with Crippen LogP contribution in [0.5, 0.6) is 0 Å². The summed E-state index contributed by atoms with van der Waals surface area (Å²) in [5.74, 6) is 0. The van der Waals surface area contributed by atoms with Gasteiger partial charge in [0.1, 0.15) is 6.17 Å².